The minimum absolute atomic E-state index is 0.441. The number of fused-ring (bicyclic) bond motifs is 1. The van der Waals surface area contributed by atoms with E-state index in [0.717, 1.165) is 24.6 Å². The highest BCUT2D eigenvalue weighted by Gasteiger charge is 2.35. The SMILES string of the molecule is COc1ccc(N)c(N2CC3CCCN3CC2C)n1. The third-order valence-corrected chi connectivity index (χ3v) is 4.30. The lowest BCUT2D eigenvalue weighted by molar-refractivity contribution is 0.202. The second-order valence-corrected chi connectivity index (χ2v) is 5.56. The number of pyridine rings is 1. The van der Waals surface area contributed by atoms with Crippen molar-refractivity contribution in [1.82, 2.24) is 9.88 Å². The van der Waals surface area contributed by atoms with Gasteiger partial charge in [0.2, 0.25) is 5.88 Å². The van der Waals surface area contributed by atoms with Gasteiger partial charge in [-0.25, -0.2) is 0 Å². The molecule has 2 saturated heterocycles. The Morgan fingerprint density at radius 1 is 1.37 bits per heavy atom. The van der Waals surface area contributed by atoms with Gasteiger partial charge in [0.05, 0.1) is 12.8 Å². The maximum atomic E-state index is 6.10. The molecule has 2 aliphatic heterocycles. The van der Waals surface area contributed by atoms with Gasteiger partial charge < -0.3 is 15.4 Å². The molecular formula is C14H22N4O. The van der Waals surface area contributed by atoms with E-state index < -0.39 is 0 Å². The van der Waals surface area contributed by atoms with Gasteiger partial charge in [0.15, 0.2) is 5.82 Å². The lowest BCUT2D eigenvalue weighted by Gasteiger charge is -2.43. The molecule has 0 amide bonds. The van der Waals surface area contributed by atoms with E-state index in [1.54, 1.807) is 7.11 Å². The molecule has 0 bridgehead atoms. The number of anilines is 2. The molecule has 2 fully saturated rings. The van der Waals surface area contributed by atoms with Crippen LogP contribution in [0, 0.1) is 0 Å². The first-order valence-electron chi connectivity index (χ1n) is 7.00. The molecular weight excluding hydrogens is 240 g/mol. The zero-order valence-corrected chi connectivity index (χ0v) is 11.7. The number of nitrogens with zero attached hydrogens (tertiary/aromatic N) is 3. The van der Waals surface area contributed by atoms with Crippen LogP contribution in [0.5, 0.6) is 5.88 Å². The Labute approximate surface area is 114 Å². The highest BCUT2D eigenvalue weighted by atomic mass is 16.5. The molecule has 0 aliphatic carbocycles. The topological polar surface area (TPSA) is 54.6 Å². The lowest BCUT2D eigenvalue weighted by Crippen LogP contribution is -2.55. The highest BCUT2D eigenvalue weighted by Crippen LogP contribution is 2.31. The van der Waals surface area contributed by atoms with Crippen LogP contribution in [0.25, 0.3) is 0 Å². The molecule has 3 heterocycles. The average Bonchev–Trinajstić information content (AvgIpc) is 2.85. The number of nitrogen functional groups attached to an aromatic ring is 1. The van der Waals surface area contributed by atoms with Gasteiger partial charge in [0.1, 0.15) is 0 Å². The smallest absolute Gasteiger partial charge is 0.215 e. The fourth-order valence-corrected chi connectivity index (χ4v) is 3.27. The van der Waals surface area contributed by atoms with Crippen LogP contribution in [0.3, 0.4) is 0 Å². The molecule has 2 N–H and O–H groups in total. The van der Waals surface area contributed by atoms with Gasteiger partial charge in [0, 0.05) is 31.2 Å². The van der Waals surface area contributed by atoms with Gasteiger partial charge in [-0.05, 0) is 32.4 Å². The monoisotopic (exact) mass is 262 g/mol. The van der Waals surface area contributed by atoms with E-state index in [1.807, 2.05) is 12.1 Å². The molecule has 2 aliphatic rings. The van der Waals surface area contributed by atoms with Crippen molar-refractivity contribution >= 4 is 11.5 Å². The summed E-state index contributed by atoms with van der Waals surface area (Å²) in [6.07, 6.45) is 2.60. The van der Waals surface area contributed by atoms with Crippen LogP contribution in [-0.2, 0) is 0 Å². The van der Waals surface area contributed by atoms with Crippen molar-refractivity contribution in [2.75, 3.05) is 37.4 Å². The number of rotatable bonds is 2. The normalized spacial score (nSPS) is 27.4. The first-order valence-corrected chi connectivity index (χ1v) is 7.00. The Hall–Kier alpha value is -1.49. The molecule has 5 nitrogen and oxygen atoms in total. The molecule has 0 aromatic carbocycles. The molecule has 1 aromatic heterocycles. The van der Waals surface area contributed by atoms with Crippen LogP contribution in [0.1, 0.15) is 19.8 Å². The molecule has 1 aromatic rings. The summed E-state index contributed by atoms with van der Waals surface area (Å²) in [5.41, 5.74) is 6.84. The van der Waals surface area contributed by atoms with Crippen molar-refractivity contribution < 1.29 is 4.74 Å². The molecule has 2 atom stereocenters. The Morgan fingerprint density at radius 2 is 2.21 bits per heavy atom. The third-order valence-electron chi connectivity index (χ3n) is 4.30. The van der Waals surface area contributed by atoms with E-state index in [0.29, 0.717) is 18.0 Å². The van der Waals surface area contributed by atoms with Crippen LogP contribution < -0.4 is 15.4 Å². The number of methoxy groups -OCH3 is 1. The quantitative estimate of drug-likeness (QED) is 0.872. The van der Waals surface area contributed by atoms with E-state index in [9.17, 15) is 0 Å². The summed E-state index contributed by atoms with van der Waals surface area (Å²) in [5, 5.41) is 0. The Kier molecular flexibility index (Phi) is 3.22. The van der Waals surface area contributed by atoms with Crippen LogP contribution in [-0.4, -0.2) is 48.7 Å². The second-order valence-electron chi connectivity index (χ2n) is 5.56. The molecule has 5 heteroatoms. The summed E-state index contributed by atoms with van der Waals surface area (Å²) in [5.74, 6) is 1.50. The highest BCUT2D eigenvalue weighted by molar-refractivity contribution is 5.64. The largest absolute Gasteiger partial charge is 0.481 e. The third kappa shape index (κ3) is 2.23. The Bertz CT molecular complexity index is 465. The van der Waals surface area contributed by atoms with Crippen molar-refractivity contribution in [2.45, 2.75) is 31.8 Å². The summed E-state index contributed by atoms with van der Waals surface area (Å²) in [6, 6.07) is 4.80. The van der Waals surface area contributed by atoms with Crippen LogP contribution in [0.2, 0.25) is 0 Å². The van der Waals surface area contributed by atoms with Crippen molar-refractivity contribution in [1.29, 1.82) is 0 Å². The molecule has 104 valence electrons. The number of ether oxygens (including phenoxy) is 1. The van der Waals surface area contributed by atoms with Crippen LogP contribution >= 0.6 is 0 Å². The molecule has 0 spiro atoms. The standard InChI is InChI=1S/C14H22N4O/c1-10-8-17-7-3-4-11(17)9-18(10)14-12(15)5-6-13(16-14)19-2/h5-6,10-11H,3-4,7-9,15H2,1-2H3. The maximum absolute atomic E-state index is 6.10. The predicted octanol–water partition coefficient (Wildman–Crippen LogP) is 1.35. The lowest BCUT2D eigenvalue weighted by atomic mass is 10.1. The fourth-order valence-electron chi connectivity index (χ4n) is 3.27. The molecule has 2 unspecified atom stereocenters. The van der Waals surface area contributed by atoms with Gasteiger partial charge in [-0.3, -0.25) is 4.90 Å². The number of piperazine rings is 1. The van der Waals surface area contributed by atoms with Crippen molar-refractivity contribution in [3.05, 3.63) is 12.1 Å². The van der Waals surface area contributed by atoms with Gasteiger partial charge >= 0.3 is 0 Å². The molecule has 19 heavy (non-hydrogen) atoms. The van der Waals surface area contributed by atoms with E-state index in [-0.39, 0.29) is 0 Å². The molecule has 0 radical (unpaired) electrons. The van der Waals surface area contributed by atoms with Gasteiger partial charge in [-0.1, -0.05) is 0 Å². The number of aromatic nitrogens is 1. The fraction of sp³-hybridized carbons (Fsp3) is 0.643. The average molecular weight is 262 g/mol. The van der Waals surface area contributed by atoms with E-state index >= 15 is 0 Å². The summed E-state index contributed by atoms with van der Waals surface area (Å²) in [7, 11) is 1.64. The summed E-state index contributed by atoms with van der Waals surface area (Å²) in [6.45, 7) is 5.60. The Morgan fingerprint density at radius 3 is 3.00 bits per heavy atom. The zero-order valence-electron chi connectivity index (χ0n) is 11.7. The number of hydrogen-bond acceptors (Lipinski definition) is 5. The van der Waals surface area contributed by atoms with Gasteiger partial charge in [0.25, 0.3) is 0 Å². The van der Waals surface area contributed by atoms with Crippen LogP contribution in [0.15, 0.2) is 12.1 Å². The van der Waals surface area contributed by atoms with E-state index in [2.05, 4.69) is 21.7 Å². The number of hydrogen-bond donors (Lipinski definition) is 1. The van der Waals surface area contributed by atoms with Crippen molar-refractivity contribution in [3.8, 4) is 5.88 Å². The zero-order chi connectivity index (χ0) is 13.4. The van der Waals surface area contributed by atoms with Crippen LogP contribution in [0.4, 0.5) is 11.5 Å². The predicted molar refractivity (Wildman–Crippen MR) is 76.6 cm³/mol. The van der Waals surface area contributed by atoms with Gasteiger partial charge in [-0.2, -0.15) is 4.98 Å². The second kappa shape index (κ2) is 4.89. The molecule has 0 saturated carbocycles. The van der Waals surface area contributed by atoms with E-state index in [4.69, 9.17) is 10.5 Å². The first-order chi connectivity index (χ1) is 9.19. The minimum Gasteiger partial charge on any atom is -0.481 e. The maximum Gasteiger partial charge on any atom is 0.215 e. The first kappa shape index (κ1) is 12.5. The molecule has 3 rings (SSSR count). The van der Waals surface area contributed by atoms with E-state index in [1.165, 1.54) is 19.4 Å². The van der Waals surface area contributed by atoms with Gasteiger partial charge in [-0.15, -0.1) is 0 Å². The summed E-state index contributed by atoms with van der Waals surface area (Å²) in [4.78, 5) is 9.47. The summed E-state index contributed by atoms with van der Waals surface area (Å²) < 4.78 is 5.22. The van der Waals surface area contributed by atoms with Crippen molar-refractivity contribution in [2.24, 2.45) is 0 Å². The number of nitrogens with two attached hydrogens (primary N) is 1. The minimum atomic E-state index is 0.441. The Balaban J connectivity index is 1.88. The summed E-state index contributed by atoms with van der Waals surface area (Å²) >= 11 is 0. The van der Waals surface area contributed by atoms with Crippen molar-refractivity contribution in [3.63, 3.8) is 0 Å².